The van der Waals surface area contributed by atoms with E-state index in [0.717, 1.165) is 11.3 Å². The molecule has 0 unspecified atom stereocenters. The van der Waals surface area contributed by atoms with Gasteiger partial charge in [0.1, 0.15) is 0 Å². The van der Waals surface area contributed by atoms with Gasteiger partial charge in [-0.05, 0) is 0 Å². The van der Waals surface area contributed by atoms with Crippen molar-refractivity contribution in [3.05, 3.63) is 59.3 Å². The van der Waals surface area contributed by atoms with Gasteiger partial charge in [0.25, 0.3) is 0 Å². The number of aromatic hydroxyl groups is 2. The zero-order valence-electron chi connectivity index (χ0n) is 13.2. The predicted molar refractivity (Wildman–Crippen MR) is 94.9 cm³/mol. The van der Waals surface area contributed by atoms with Crippen molar-refractivity contribution in [1.29, 1.82) is 0 Å². The first-order chi connectivity index (χ1) is 11.4. The van der Waals surface area contributed by atoms with Crippen LogP contribution in [0, 0.1) is 6.92 Å². The fourth-order valence-corrected chi connectivity index (χ4v) is 3.09. The van der Waals surface area contributed by atoms with Gasteiger partial charge in [-0.3, -0.25) is 0 Å². The number of rotatable bonds is 2. The van der Waals surface area contributed by atoms with Gasteiger partial charge in [-0.2, -0.15) is 0 Å². The van der Waals surface area contributed by atoms with Crippen LogP contribution in [0.4, 0.5) is 5.69 Å². The van der Waals surface area contributed by atoms with Crippen LogP contribution in [-0.2, 0) is 4.79 Å². The molecule has 0 aromatic heterocycles. The Kier molecular flexibility index (Phi) is 4.18. The third kappa shape index (κ3) is 2.70. The Morgan fingerprint density at radius 1 is 1.08 bits per heavy atom. The Balaban J connectivity index is 2.03. The summed E-state index contributed by atoms with van der Waals surface area (Å²) < 4.78 is 0.648. The molecule has 2 aromatic carbocycles. The van der Waals surface area contributed by atoms with Crippen LogP contribution in [0.15, 0.2) is 48.2 Å². The van der Waals surface area contributed by atoms with Crippen LogP contribution >= 0.6 is 0 Å². The van der Waals surface area contributed by atoms with Crippen molar-refractivity contribution in [3.8, 4) is 11.5 Å². The van der Waals surface area contributed by atoms with E-state index in [1.54, 1.807) is 35.1 Å². The van der Waals surface area contributed by atoms with Crippen molar-refractivity contribution in [3.63, 3.8) is 0 Å². The summed E-state index contributed by atoms with van der Waals surface area (Å²) in [6, 6.07) is 12.3. The molecule has 1 fully saturated rings. The van der Waals surface area contributed by atoms with E-state index < -0.39 is 0 Å². The summed E-state index contributed by atoms with van der Waals surface area (Å²) in [5.74, 6) is -0.681. The number of likely N-dealkylation sites (N-methyl/N-ethyl adjacent to an activating group) is 1. The summed E-state index contributed by atoms with van der Waals surface area (Å²) in [4.78, 5) is 16.1. The standard InChI is InChI=1S/C18H16N2O3Se/c1-11-6-8-13(9-7-11)20-17(23)14(19(2)18(20)24)10-12-4-3-5-15(21)16(12)22/h3-10,21-22H,1-2H3. The van der Waals surface area contributed by atoms with E-state index in [-0.39, 0.29) is 17.4 Å². The number of carbonyl (C=O) groups is 1. The Morgan fingerprint density at radius 3 is 2.42 bits per heavy atom. The van der Waals surface area contributed by atoms with Gasteiger partial charge < -0.3 is 0 Å². The summed E-state index contributed by atoms with van der Waals surface area (Å²) in [5.41, 5.74) is 2.64. The normalized spacial score (nSPS) is 16.3. The Labute approximate surface area is 147 Å². The van der Waals surface area contributed by atoms with Crippen LogP contribution < -0.4 is 4.90 Å². The SMILES string of the molecule is Cc1ccc(N2C(=O)C(=Cc3cccc(O)c3O)N(C)C2=[Se])cc1. The molecule has 6 heteroatoms. The molecular formula is C18H16N2O3Se. The Morgan fingerprint density at radius 2 is 1.75 bits per heavy atom. The summed E-state index contributed by atoms with van der Waals surface area (Å²) in [6.45, 7) is 1.99. The number of hydrogen-bond acceptors (Lipinski definition) is 4. The number of aryl methyl sites for hydroxylation is 1. The second-order valence-corrected chi connectivity index (χ2v) is 6.33. The second kappa shape index (κ2) is 6.15. The van der Waals surface area contributed by atoms with E-state index in [2.05, 4.69) is 15.6 Å². The molecule has 0 atom stereocenters. The van der Waals surface area contributed by atoms with Crippen LogP contribution in [0.5, 0.6) is 11.5 Å². The predicted octanol–water partition coefficient (Wildman–Crippen LogP) is 1.98. The van der Waals surface area contributed by atoms with E-state index in [9.17, 15) is 15.0 Å². The van der Waals surface area contributed by atoms with Gasteiger partial charge in [0.05, 0.1) is 0 Å². The number of phenols is 2. The Bertz CT molecular complexity index is 859. The van der Waals surface area contributed by atoms with Crippen LogP contribution in [-0.4, -0.2) is 48.3 Å². The number of phenolic OH excluding ortho intramolecular Hbond substituents is 2. The van der Waals surface area contributed by atoms with Crippen molar-refractivity contribution in [2.75, 3.05) is 11.9 Å². The monoisotopic (exact) mass is 388 g/mol. The van der Waals surface area contributed by atoms with E-state index in [1.165, 1.54) is 6.07 Å². The first-order valence-corrected chi connectivity index (χ1v) is 8.17. The number of para-hydroxylation sites is 1. The minimum atomic E-state index is -0.249. The second-order valence-electron chi connectivity index (χ2n) is 5.56. The van der Waals surface area contributed by atoms with Gasteiger partial charge >= 0.3 is 147 Å². The summed E-state index contributed by atoms with van der Waals surface area (Å²) in [5, 5.41) is 19.6. The van der Waals surface area contributed by atoms with Crippen molar-refractivity contribution in [2.45, 2.75) is 6.92 Å². The van der Waals surface area contributed by atoms with Crippen molar-refractivity contribution in [1.82, 2.24) is 4.90 Å². The maximum atomic E-state index is 12.8. The zero-order valence-corrected chi connectivity index (χ0v) is 14.9. The number of carbonyl (C=O) groups excluding carboxylic acids is 1. The first-order valence-electron chi connectivity index (χ1n) is 7.31. The average molecular weight is 387 g/mol. The van der Waals surface area contributed by atoms with Crippen molar-refractivity contribution < 1.29 is 15.0 Å². The zero-order chi connectivity index (χ0) is 17.4. The molecule has 24 heavy (non-hydrogen) atoms. The van der Waals surface area contributed by atoms with Gasteiger partial charge in [0.15, 0.2) is 0 Å². The maximum absolute atomic E-state index is 12.8. The molecule has 0 bridgehead atoms. The molecule has 3 rings (SSSR count). The molecular weight excluding hydrogens is 371 g/mol. The topological polar surface area (TPSA) is 64.0 Å². The van der Waals surface area contributed by atoms with Crippen LogP contribution in [0.3, 0.4) is 0 Å². The molecule has 1 aliphatic rings. The quantitative estimate of drug-likeness (QED) is 0.470. The third-order valence-corrected chi connectivity index (χ3v) is 4.85. The van der Waals surface area contributed by atoms with Crippen LogP contribution in [0.1, 0.15) is 11.1 Å². The molecule has 122 valence electrons. The fourth-order valence-electron chi connectivity index (χ4n) is 2.49. The molecule has 1 amide bonds. The molecule has 0 radical (unpaired) electrons. The van der Waals surface area contributed by atoms with E-state index in [1.807, 2.05) is 31.2 Å². The number of hydrogen-bond donors (Lipinski definition) is 2. The van der Waals surface area contributed by atoms with E-state index >= 15 is 0 Å². The number of benzene rings is 2. The molecule has 2 N–H and O–H groups in total. The summed E-state index contributed by atoms with van der Waals surface area (Å²) in [6.07, 6.45) is 1.56. The summed E-state index contributed by atoms with van der Waals surface area (Å²) >= 11 is 2.92. The van der Waals surface area contributed by atoms with Gasteiger partial charge in [-0.15, -0.1) is 0 Å². The van der Waals surface area contributed by atoms with Crippen LogP contribution in [0.2, 0.25) is 0 Å². The third-order valence-electron chi connectivity index (χ3n) is 3.89. The Hall–Kier alpha value is -2.56. The molecule has 5 nitrogen and oxygen atoms in total. The van der Waals surface area contributed by atoms with Crippen LogP contribution in [0.25, 0.3) is 6.08 Å². The molecule has 1 saturated heterocycles. The van der Waals surface area contributed by atoms with Gasteiger partial charge in [-0.25, -0.2) is 0 Å². The molecule has 0 spiro atoms. The average Bonchev–Trinajstić information content (AvgIpc) is 2.76. The first kappa shape index (κ1) is 16.3. The minimum absolute atomic E-state index is 0.210. The van der Waals surface area contributed by atoms with Gasteiger partial charge in [-0.1, -0.05) is 0 Å². The van der Waals surface area contributed by atoms with Gasteiger partial charge in [0.2, 0.25) is 0 Å². The fraction of sp³-hybridized carbons (Fsp3) is 0.111. The summed E-state index contributed by atoms with van der Waals surface area (Å²) in [7, 11) is 1.77. The number of anilines is 1. The molecule has 0 saturated carbocycles. The molecule has 1 aliphatic heterocycles. The number of nitrogens with zero attached hydrogens (tertiary/aromatic N) is 2. The van der Waals surface area contributed by atoms with E-state index in [0.29, 0.717) is 15.9 Å². The molecule has 0 aliphatic carbocycles. The molecule has 1 heterocycles. The number of amides is 1. The van der Waals surface area contributed by atoms with E-state index in [4.69, 9.17) is 0 Å². The van der Waals surface area contributed by atoms with Crippen molar-refractivity contribution >= 4 is 37.9 Å². The molecule has 2 aromatic rings. The van der Waals surface area contributed by atoms with Crippen molar-refractivity contribution in [2.24, 2.45) is 0 Å². The van der Waals surface area contributed by atoms with Gasteiger partial charge in [0, 0.05) is 0 Å².